The van der Waals surface area contributed by atoms with E-state index in [2.05, 4.69) is 4.98 Å². The number of fused-ring (bicyclic) bond motifs is 1. The second-order valence-electron chi connectivity index (χ2n) is 3.19. The molecule has 0 unspecified atom stereocenters. The van der Waals surface area contributed by atoms with Gasteiger partial charge in [0.15, 0.2) is 0 Å². The Balaban J connectivity index is 0.000000606. The van der Waals surface area contributed by atoms with Gasteiger partial charge in [-0.2, -0.15) is 5.26 Å². The molecule has 0 aliphatic rings. The van der Waals surface area contributed by atoms with Gasteiger partial charge < -0.3 is 4.98 Å². The summed E-state index contributed by atoms with van der Waals surface area (Å²) in [5, 5.41) is 9.25. The maximum absolute atomic E-state index is 11.7. The number of hydrogen-bond acceptors (Lipinski definition) is 2. The Labute approximate surface area is 94.4 Å². The van der Waals surface area contributed by atoms with E-state index in [9.17, 15) is 4.79 Å². The fourth-order valence-corrected chi connectivity index (χ4v) is 1.42. The number of nitrogens with one attached hydrogen (secondary N) is 1. The predicted octanol–water partition coefficient (Wildman–Crippen LogP) is 2.73. The van der Waals surface area contributed by atoms with Gasteiger partial charge in [0, 0.05) is 17.1 Å². The number of nitriles is 1. The molecule has 1 aromatic heterocycles. The van der Waals surface area contributed by atoms with Gasteiger partial charge in [0.2, 0.25) is 5.43 Å². The Morgan fingerprint density at radius 3 is 2.62 bits per heavy atom. The van der Waals surface area contributed by atoms with Crippen molar-refractivity contribution in [2.24, 2.45) is 0 Å². The molecule has 1 heterocycles. The molecule has 0 aliphatic heterocycles. The average molecular weight is 214 g/mol. The molecule has 1 aromatic carbocycles. The van der Waals surface area contributed by atoms with Crippen LogP contribution in [0, 0.1) is 18.3 Å². The number of aryl methyl sites for hydroxylation is 1. The van der Waals surface area contributed by atoms with Crippen LogP contribution in [0.25, 0.3) is 10.9 Å². The smallest absolute Gasteiger partial charge is 0.207 e. The fraction of sp³-hybridized carbons (Fsp3) is 0.231. The molecule has 0 aliphatic carbocycles. The van der Waals surface area contributed by atoms with Crippen LogP contribution < -0.4 is 5.43 Å². The minimum absolute atomic E-state index is 0.156. The summed E-state index contributed by atoms with van der Waals surface area (Å²) in [6, 6.07) is 7.41. The van der Waals surface area contributed by atoms with Crippen LogP contribution >= 0.6 is 0 Å². The van der Waals surface area contributed by atoms with Crippen LogP contribution in [0.5, 0.6) is 0 Å². The highest BCUT2D eigenvalue weighted by atomic mass is 16.1. The third-order valence-electron chi connectivity index (χ3n) is 2.16. The minimum atomic E-state index is -0.204. The highest BCUT2D eigenvalue weighted by molar-refractivity contribution is 5.80. The van der Waals surface area contributed by atoms with Gasteiger partial charge in [0.1, 0.15) is 11.6 Å². The van der Waals surface area contributed by atoms with Crippen molar-refractivity contribution >= 4 is 10.9 Å². The monoisotopic (exact) mass is 214 g/mol. The van der Waals surface area contributed by atoms with Crippen molar-refractivity contribution in [2.45, 2.75) is 20.8 Å². The molecule has 0 saturated heterocycles. The highest BCUT2D eigenvalue weighted by Gasteiger charge is 2.03. The first-order valence-corrected chi connectivity index (χ1v) is 5.24. The quantitative estimate of drug-likeness (QED) is 0.733. The van der Waals surface area contributed by atoms with Crippen LogP contribution in [-0.2, 0) is 0 Å². The molecule has 0 amide bonds. The predicted molar refractivity (Wildman–Crippen MR) is 65.4 cm³/mol. The zero-order chi connectivity index (χ0) is 12.1. The van der Waals surface area contributed by atoms with Gasteiger partial charge in [-0.15, -0.1) is 0 Å². The molecular formula is C13H14N2O. The molecule has 0 bridgehead atoms. The Morgan fingerprint density at radius 2 is 2.00 bits per heavy atom. The first kappa shape index (κ1) is 12.0. The van der Waals surface area contributed by atoms with Crippen molar-refractivity contribution in [3.63, 3.8) is 0 Å². The largest absolute Gasteiger partial charge is 0.360 e. The maximum Gasteiger partial charge on any atom is 0.207 e. The molecule has 2 rings (SSSR count). The van der Waals surface area contributed by atoms with Crippen LogP contribution in [0.4, 0.5) is 0 Å². The molecule has 0 spiro atoms. The SMILES string of the molecule is CC.Cc1ccc2[nH]cc(C#N)c(=O)c2c1. The van der Waals surface area contributed by atoms with E-state index in [-0.39, 0.29) is 11.0 Å². The number of hydrogen-bond donors (Lipinski definition) is 1. The summed E-state index contributed by atoms with van der Waals surface area (Å²) >= 11 is 0. The third-order valence-corrected chi connectivity index (χ3v) is 2.16. The average Bonchev–Trinajstić information content (AvgIpc) is 2.33. The van der Waals surface area contributed by atoms with Crippen LogP contribution in [0.15, 0.2) is 29.2 Å². The van der Waals surface area contributed by atoms with Crippen molar-refractivity contribution in [3.05, 3.63) is 45.7 Å². The van der Waals surface area contributed by atoms with Crippen LogP contribution in [0.1, 0.15) is 25.0 Å². The summed E-state index contributed by atoms with van der Waals surface area (Å²) in [4.78, 5) is 14.6. The zero-order valence-corrected chi connectivity index (χ0v) is 9.66. The molecule has 82 valence electrons. The summed E-state index contributed by atoms with van der Waals surface area (Å²) in [5.74, 6) is 0. The fourth-order valence-electron chi connectivity index (χ4n) is 1.42. The zero-order valence-electron chi connectivity index (χ0n) is 9.66. The summed E-state index contributed by atoms with van der Waals surface area (Å²) in [6.07, 6.45) is 1.44. The molecule has 3 heteroatoms. The lowest BCUT2D eigenvalue weighted by Crippen LogP contribution is -2.06. The highest BCUT2D eigenvalue weighted by Crippen LogP contribution is 2.09. The van der Waals surface area contributed by atoms with E-state index in [0.717, 1.165) is 11.1 Å². The Hall–Kier alpha value is -2.08. The topological polar surface area (TPSA) is 56.6 Å². The molecule has 0 fully saturated rings. The van der Waals surface area contributed by atoms with Gasteiger partial charge in [-0.05, 0) is 19.1 Å². The molecule has 2 aromatic rings. The molecule has 0 radical (unpaired) electrons. The van der Waals surface area contributed by atoms with Gasteiger partial charge in [0.25, 0.3) is 0 Å². The van der Waals surface area contributed by atoms with Gasteiger partial charge in [0.05, 0.1) is 0 Å². The summed E-state index contributed by atoms with van der Waals surface area (Å²) < 4.78 is 0. The first-order chi connectivity index (χ1) is 7.72. The number of aromatic amines is 1. The van der Waals surface area contributed by atoms with Gasteiger partial charge >= 0.3 is 0 Å². The van der Waals surface area contributed by atoms with E-state index in [1.165, 1.54) is 6.20 Å². The number of rotatable bonds is 0. The van der Waals surface area contributed by atoms with E-state index >= 15 is 0 Å². The van der Waals surface area contributed by atoms with Gasteiger partial charge in [-0.1, -0.05) is 25.5 Å². The molecule has 3 nitrogen and oxygen atoms in total. The Kier molecular flexibility index (Phi) is 3.84. The second-order valence-corrected chi connectivity index (χ2v) is 3.19. The molecule has 16 heavy (non-hydrogen) atoms. The maximum atomic E-state index is 11.7. The first-order valence-electron chi connectivity index (χ1n) is 5.24. The summed E-state index contributed by atoms with van der Waals surface area (Å²) in [7, 11) is 0. The van der Waals surface area contributed by atoms with E-state index in [1.807, 2.05) is 39.0 Å². The second kappa shape index (κ2) is 5.13. The van der Waals surface area contributed by atoms with Crippen LogP contribution in [0.2, 0.25) is 0 Å². The number of benzene rings is 1. The minimum Gasteiger partial charge on any atom is -0.360 e. The normalized spacial score (nSPS) is 9.12. The molecule has 0 atom stereocenters. The Bertz CT molecular complexity index is 591. The van der Waals surface area contributed by atoms with Gasteiger partial charge in [-0.25, -0.2) is 0 Å². The van der Waals surface area contributed by atoms with E-state index in [0.29, 0.717) is 5.39 Å². The Morgan fingerprint density at radius 1 is 1.31 bits per heavy atom. The van der Waals surface area contributed by atoms with Crippen molar-refractivity contribution in [2.75, 3.05) is 0 Å². The number of pyridine rings is 1. The molecule has 1 N–H and O–H groups in total. The lowest BCUT2D eigenvalue weighted by Gasteiger charge is -1.98. The van der Waals surface area contributed by atoms with Crippen molar-refractivity contribution < 1.29 is 0 Å². The molecular weight excluding hydrogens is 200 g/mol. The standard InChI is InChI=1S/C11H8N2O.C2H6/c1-7-2-3-10-9(4-7)11(14)8(5-12)6-13-10;1-2/h2-4,6H,1H3,(H,13,14);1-2H3. The number of H-pyrrole nitrogens is 1. The number of aromatic nitrogens is 1. The van der Waals surface area contributed by atoms with E-state index in [4.69, 9.17) is 5.26 Å². The van der Waals surface area contributed by atoms with Crippen LogP contribution in [-0.4, -0.2) is 4.98 Å². The number of nitrogens with zero attached hydrogens (tertiary/aromatic N) is 1. The van der Waals surface area contributed by atoms with E-state index < -0.39 is 0 Å². The van der Waals surface area contributed by atoms with Crippen molar-refractivity contribution in [3.8, 4) is 6.07 Å². The molecule has 0 saturated carbocycles. The summed E-state index contributed by atoms with van der Waals surface area (Å²) in [6.45, 7) is 5.91. The van der Waals surface area contributed by atoms with Gasteiger partial charge in [-0.3, -0.25) is 4.79 Å². The lowest BCUT2D eigenvalue weighted by molar-refractivity contribution is 1.33. The van der Waals surface area contributed by atoms with Crippen molar-refractivity contribution in [1.29, 1.82) is 5.26 Å². The summed E-state index contributed by atoms with van der Waals surface area (Å²) in [5.41, 5.74) is 1.73. The van der Waals surface area contributed by atoms with Crippen molar-refractivity contribution in [1.82, 2.24) is 4.98 Å². The van der Waals surface area contributed by atoms with Crippen LogP contribution in [0.3, 0.4) is 0 Å². The lowest BCUT2D eigenvalue weighted by atomic mass is 10.1. The van der Waals surface area contributed by atoms with E-state index in [1.54, 1.807) is 6.07 Å². The third kappa shape index (κ3) is 2.12.